The molecule has 4 atom stereocenters. The molecule has 2 aromatic rings. The monoisotopic (exact) mass is 361 g/mol. The number of benzene rings is 2. The fourth-order valence-corrected chi connectivity index (χ4v) is 4.73. The summed E-state index contributed by atoms with van der Waals surface area (Å²) in [6, 6.07) is 17.3. The largest absolute Gasteiger partial charge is 0.393 e. The molecule has 2 amide bonds. The molecule has 3 heterocycles. The molecule has 2 fully saturated rings. The van der Waals surface area contributed by atoms with E-state index in [0.717, 1.165) is 11.1 Å². The van der Waals surface area contributed by atoms with Crippen molar-refractivity contribution in [1.82, 2.24) is 0 Å². The lowest BCUT2D eigenvalue weighted by Crippen LogP contribution is -2.43. The lowest BCUT2D eigenvalue weighted by atomic mass is 9.73. The van der Waals surface area contributed by atoms with Gasteiger partial charge >= 0.3 is 0 Å². The van der Waals surface area contributed by atoms with Crippen LogP contribution in [0.2, 0.25) is 0 Å². The Kier molecular flexibility index (Phi) is 3.27. The summed E-state index contributed by atoms with van der Waals surface area (Å²) < 4.78 is 5.94. The number of carbonyl (C=O) groups is 2. The summed E-state index contributed by atoms with van der Waals surface area (Å²) in [4.78, 5) is 27.5. The second kappa shape index (κ2) is 5.38. The van der Waals surface area contributed by atoms with Crippen molar-refractivity contribution in [2.75, 3.05) is 11.5 Å². The fourth-order valence-electron chi connectivity index (χ4n) is 4.73. The van der Waals surface area contributed by atoms with Crippen LogP contribution in [0, 0.1) is 11.8 Å². The van der Waals surface area contributed by atoms with Crippen molar-refractivity contribution >= 4 is 17.5 Å². The van der Waals surface area contributed by atoms with Gasteiger partial charge in [-0.15, -0.1) is 0 Å². The standard InChI is InChI=1S/C22H19NO4/c1-21-11-12-22(13-24,27-21)18-17(21)19(25)23(20(18)26)16-9-7-15(8-10-16)14-5-3-2-4-6-14/h2-12,17-18,24H,13H2,1H3/t17-,18-,21+,22+/m1/s1. The Bertz CT molecular complexity index is 968. The van der Waals surface area contributed by atoms with Crippen LogP contribution >= 0.6 is 0 Å². The Labute approximate surface area is 156 Å². The summed E-state index contributed by atoms with van der Waals surface area (Å²) in [5.74, 6) is -1.85. The summed E-state index contributed by atoms with van der Waals surface area (Å²) in [7, 11) is 0. The quantitative estimate of drug-likeness (QED) is 0.674. The maximum atomic E-state index is 13.1. The first-order valence-electron chi connectivity index (χ1n) is 9.04. The molecule has 3 aliphatic heterocycles. The van der Waals surface area contributed by atoms with E-state index in [1.165, 1.54) is 4.90 Å². The van der Waals surface area contributed by atoms with Gasteiger partial charge in [0, 0.05) is 0 Å². The number of hydrogen-bond acceptors (Lipinski definition) is 4. The molecular weight excluding hydrogens is 342 g/mol. The highest BCUT2D eigenvalue weighted by atomic mass is 16.5. The summed E-state index contributed by atoms with van der Waals surface area (Å²) >= 11 is 0. The number of carbonyl (C=O) groups excluding carboxylic acids is 2. The Morgan fingerprint density at radius 3 is 2.22 bits per heavy atom. The minimum Gasteiger partial charge on any atom is -0.393 e. The van der Waals surface area contributed by atoms with E-state index in [-0.39, 0.29) is 18.4 Å². The minimum absolute atomic E-state index is 0.264. The number of hydrogen-bond donors (Lipinski definition) is 1. The van der Waals surface area contributed by atoms with Gasteiger partial charge in [0.2, 0.25) is 11.8 Å². The maximum Gasteiger partial charge on any atom is 0.241 e. The molecule has 0 unspecified atom stereocenters. The third-order valence-corrected chi connectivity index (χ3v) is 6.04. The van der Waals surface area contributed by atoms with E-state index in [9.17, 15) is 14.7 Å². The second-order valence-corrected chi connectivity index (χ2v) is 7.61. The van der Waals surface area contributed by atoms with Crippen LogP contribution in [0.25, 0.3) is 11.1 Å². The zero-order valence-corrected chi connectivity index (χ0v) is 14.8. The van der Waals surface area contributed by atoms with Gasteiger partial charge in [-0.05, 0) is 30.2 Å². The van der Waals surface area contributed by atoms with Crippen LogP contribution in [0.5, 0.6) is 0 Å². The van der Waals surface area contributed by atoms with Crippen molar-refractivity contribution < 1.29 is 19.4 Å². The summed E-state index contributed by atoms with van der Waals surface area (Å²) in [5, 5.41) is 9.87. The van der Waals surface area contributed by atoms with Crippen molar-refractivity contribution in [3.05, 3.63) is 66.7 Å². The van der Waals surface area contributed by atoms with Crippen LogP contribution in [0.3, 0.4) is 0 Å². The van der Waals surface area contributed by atoms with Gasteiger partial charge in [0.25, 0.3) is 0 Å². The number of anilines is 1. The molecule has 0 saturated carbocycles. The number of imide groups is 1. The molecule has 136 valence electrons. The smallest absolute Gasteiger partial charge is 0.241 e. The van der Waals surface area contributed by atoms with Crippen molar-refractivity contribution in [2.45, 2.75) is 18.1 Å². The summed E-state index contributed by atoms with van der Waals surface area (Å²) in [6.45, 7) is 1.48. The van der Waals surface area contributed by atoms with Crippen molar-refractivity contribution in [2.24, 2.45) is 11.8 Å². The van der Waals surface area contributed by atoms with Crippen LogP contribution in [-0.2, 0) is 14.3 Å². The molecule has 2 bridgehead atoms. The van der Waals surface area contributed by atoms with Gasteiger partial charge in [0.1, 0.15) is 5.60 Å². The van der Waals surface area contributed by atoms with Gasteiger partial charge < -0.3 is 9.84 Å². The zero-order valence-electron chi connectivity index (χ0n) is 14.8. The van der Waals surface area contributed by atoms with Crippen LogP contribution in [0.4, 0.5) is 5.69 Å². The Morgan fingerprint density at radius 1 is 0.926 bits per heavy atom. The van der Waals surface area contributed by atoms with Gasteiger partial charge in [-0.2, -0.15) is 0 Å². The first kappa shape index (κ1) is 16.4. The van der Waals surface area contributed by atoms with Gasteiger partial charge in [-0.1, -0.05) is 54.6 Å². The van der Waals surface area contributed by atoms with E-state index in [1.54, 1.807) is 31.2 Å². The number of fused-ring (bicyclic) bond motifs is 5. The Morgan fingerprint density at radius 2 is 1.56 bits per heavy atom. The molecular formula is C22H19NO4. The molecule has 0 spiro atoms. The van der Waals surface area contributed by atoms with E-state index in [4.69, 9.17) is 4.74 Å². The fraction of sp³-hybridized carbons (Fsp3) is 0.273. The first-order valence-corrected chi connectivity index (χ1v) is 9.04. The van der Waals surface area contributed by atoms with Crippen LogP contribution in [0.15, 0.2) is 66.7 Å². The van der Waals surface area contributed by atoms with Crippen molar-refractivity contribution in [3.63, 3.8) is 0 Å². The maximum absolute atomic E-state index is 13.1. The van der Waals surface area contributed by atoms with Gasteiger partial charge in [0.15, 0.2) is 0 Å². The van der Waals surface area contributed by atoms with Gasteiger partial charge in [-0.3, -0.25) is 9.59 Å². The molecule has 27 heavy (non-hydrogen) atoms. The topological polar surface area (TPSA) is 66.8 Å². The van der Waals surface area contributed by atoms with E-state index in [1.807, 2.05) is 42.5 Å². The normalized spacial score (nSPS) is 33.8. The van der Waals surface area contributed by atoms with Crippen LogP contribution in [-0.4, -0.2) is 34.7 Å². The number of ether oxygens (including phenoxy) is 1. The third-order valence-electron chi connectivity index (χ3n) is 6.04. The van der Waals surface area contributed by atoms with E-state index in [0.29, 0.717) is 5.69 Å². The Balaban J connectivity index is 1.51. The highest BCUT2D eigenvalue weighted by Gasteiger charge is 2.72. The molecule has 0 radical (unpaired) electrons. The molecule has 1 N–H and O–H groups in total. The Hall–Kier alpha value is -2.76. The average Bonchev–Trinajstić information content (AvgIpc) is 3.28. The highest BCUT2D eigenvalue weighted by Crippen LogP contribution is 2.57. The average molecular weight is 361 g/mol. The van der Waals surface area contributed by atoms with Crippen LogP contribution < -0.4 is 4.90 Å². The SMILES string of the molecule is C[C@@]12C=C[C@@](CO)(O1)[C@H]1C(=O)N(c3ccc(-c4ccccc4)cc3)C(=O)[C@@H]12. The minimum atomic E-state index is -1.09. The zero-order chi connectivity index (χ0) is 18.8. The molecule has 2 aromatic carbocycles. The van der Waals surface area contributed by atoms with Crippen LogP contribution in [0.1, 0.15) is 6.92 Å². The predicted molar refractivity (Wildman–Crippen MR) is 99.8 cm³/mol. The number of amides is 2. The highest BCUT2D eigenvalue weighted by molar-refractivity contribution is 6.23. The van der Waals surface area contributed by atoms with E-state index < -0.39 is 23.0 Å². The molecule has 5 nitrogen and oxygen atoms in total. The summed E-state index contributed by atoms with van der Waals surface area (Å²) in [6.07, 6.45) is 3.54. The van der Waals surface area contributed by atoms with Crippen molar-refractivity contribution in [3.8, 4) is 11.1 Å². The molecule has 3 aliphatic rings. The number of aliphatic hydroxyl groups excluding tert-OH is 1. The molecule has 5 heteroatoms. The second-order valence-electron chi connectivity index (χ2n) is 7.61. The van der Waals surface area contributed by atoms with E-state index in [2.05, 4.69) is 0 Å². The lowest BCUT2D eigenvalue weighted by molar-refractivity contribution is -0.131. The first-order chi connectivity index (χ1) is 13.0. The predicted octanol–water partition coefficient (Wildman–Crippen LogP) is 2.55. The van der Waals surface area contributed by atoms with E-state index >= 15 is 0 Å². The molecule has 2 saturated heterocycles. The number of nitrogens with zero attached hydrogens (tertiary/aromatic N) is 1. The van der Waals surface area contributed by atoms with Crippen molar-refractivity contribution in [1.29, 1.82) is 0 Å². The third kappa shape index (κ3) is 2.07. The molecule has 0 aromatic heterocycles. The summed E-state index contributed by atoms with van der Waals surface area (Å²) in [5.41, 5.74) is 0.698. The number of aliphatic hydroxyl groups is 1. The molecule has 0 aliphatic carbocycles. The van der Waals surface area contributed by atoms with Gasteiger partial charge in [0.05, 0.1) is 29.7 Å². The lowest BCUT2D eigenvalue weighted by Gasteiger charge is -2.27. The number of rotatable bonds is 3. The molecule has 5 rings (SSSR count). The van der Waals surface area contributed by atoms with Gasteiger partial charge in [-0.25, -0.2) is 4.90 Å².